The summed E-state index contributed by atoms with van der Waals surface area (Å²) in [4.78, 5) is 12.2. The van der Waals surface area contributed by atoms with Crippen LogP contribution in [-0.2, 0) is 10.5 Å². The average molecular weight is 387 g/mol. The van der Waals surface area contributed by atoms with Crippen LogP contribution in [0.25, 0.3) is 0 Å². The summed E-state index contributed by atoms with van der Waals surface area (Å²) in [6.07, 6.45) is 1.60. The van der Waals surface area contributed by atoms with Gasteiger partial charge in [-0.15, -0.1) is 11.8 Å². The first-order chi connectivity index (χ1) is 13.1. The van der Waals surface area contributed by atoms with E-state index in [1.165, 1.54) is 5.56 Å². The molecule has 0 saturated carbocycles. The Bertz CT molecular complexity index is 750. The van der Waals surface area contributed by atoms with Crippen molar-refractivity contribution in [2.75, 3.05) is 13.2 Å². The summed E-state index contributed by atoms with van der Waals surface area (Å²) >= 11 is 1.58. The average Bonchev–Trinajstić information content (AvgIpc) is 2.69. The van der Waals surface area contributed by atoms with Crippen molar-refractivity contribution in [3.05, 3.63) is 59.7 Å². The molecule has 0 radical (unpaired) electrons. The van der Waals surface area contributed by atoms with E-state index in [0.717, 1.165) is 11.3 Å². The van der Waals surface area contributed by atoms with Gasteiger partial charge in [0.15, 0.2) is 11.5 Å². The predicted octanol–water partition coefficient (Wildman–Crippen LogP) is 4.26. The molecule has 1 amide bonds. The Morgan fingerprint density at radius 3 is 2.52 bits per heavy atom. The topological polar surface area (TPSA) is 59.9 Å². The lowest BCUT2D eigenvalue weighted by atomic mass is 10.2. The van der Waals surface area contributed by atoms with E-state index >= 15 is 0 Å². The fourth-order valence-electron chi connectivity index (χ4n) is 2.28. The number of ether oxygens (including phenoxy) is 2. The Kier molecular flexibility index (Phi) is 8.71. The number of carbonyl (C=O) groups excluding carboxylic acids is 1. The summed E-state index contributed by atoms with van der Waals surface area (Å²) in [6.45, 7) is 6.85. The highest BCUT2D eigenvalue weighted by atomic mass is 32.2. The maximum atomic E-state index is 12.2. The van der Waals surface area contributed by atoms with Gasteiger partial charge in [0.25, 0.3) is 5.91 Å². The molecule has 5 nitrogen and oxygen atoms in total. The lowest BCUT2D eigenvalue weighted by Gasteiger charge is -2.11. The van der Waals surface area contributed by atoms with Gasteiger partial charge in [0.05, 0.1) is 24.7 Å². The molecule has 0 unspecified atom stereocenters. The minimum Gasteiger partial charge on any atom is -0.490 e. The van der Waals surface area contributed by atoms with Gasteiger partial charge < -0.3 is 9.47 Å². The molecule has 144 valence electrons. The highest BCUT2D eigenvalue weighted by molar-refractivity contribution is 7.99. The van der Waals surface area contributed by atoms with Gasteiger partial charge in [0, 0.05) is 5.75 Å². The Morgan fingerprint density at radius 1 is 1.11 bits per heavy atom. The van der Waals surface area contributed by atoms with Crippen LogP contribution in [0.5, 0.6) is 11.5 Å². The van der Waals surface area contributed by atoms with Crippen LogP contribution in [0.2, 0.25) is 0 Å². The van der Waals surface area contributed by atoms with E-state index in [0.29, 0.717) is 24.7 Å². The van der Waals surface area contributed by atoms with Gasteiger partial charge in [-0.25, -0.2) is 5.43 Å². The monoisotopic (exact) mass is 386 g/mol. The number of carbonyl (C=O) groups is 1. The van der Waals surface area contributed by atoms with Gasteiger partial charge in [-0.05, 0) is 50.1 Å². The predicted molar refractivity (Wildman–Crippen MR) is 112 cm³/mol. The summed E-state index contributed by atoms with van der Waals surface area (Å²) < 4.78 is 11.1. The van der Waals surface area contributed by atoms with E-state index in [4.69, 9.17) is 9.47 Å². The van der Waals surface area contributed by atoms with Crippen LogP contribution in [0, 0.1) is 0 Å². The zero-order valence-electron chi connectivity index (χ0n) is 16.0. The van der Waals surface area contributed by atoms with Crippen molar-refractivity contribution in [3.8, 4) is 11.5 Å². The molecule has 0 aliphatic heterocycles. The van der Waals surface area contributed by atoms with Crippen molar-refractivity contribution in [3.63, 3.8) is 0 Å². The van der Waals surface area contributed by atoms with Gasteiger partial charge >= 0.3 is 0 Å². The van der Waals surface area contributed by atoms with Gasteiger partial charge in [-0.1, -0.05) is 30.3 Å². The summed E-state index contributed by atoms with van der Waals surface area (Å²) in [5, 5.41) is 3.87. The third kappa shape index (κ3) is 6.98. The maximum absolute atomic E-state index is 12.2. The molecule has 0 spiro atoms. The smallest absolute Gasteiger partial charge is 0.252 e. The number of nitrogens with one attached hydrogen (secondary N) is 1. The van der Waals surface area contributed by atoms with Crippen molar-refractivity contribution in [1.29, 1.82) is 0 Å². The van der Waals surface area contributed by atoms with E-state index in [1.807, 2.05) is 57.2 Å². The van der Waals surface area contributed by atoms with Crippen LogP contribution in [0.3, 0.4) is 0 Å². The second kappa shape index (κ2) is 11.3. The second-order valence-electron chi connectivity index (χ2n) is 5.75. The lowest BCUT2D eigenvalue weighted by molar-refractivity contribution is -0.120. The molecule has 0 bridgehead atoms. The number of hydrazone groups is 1. The van der Waals surface area contributed by atoms with Crippen molar-refractivity contribution >= 4 is 23.9 Å². The minimum absolute atomic E-state index is 0.122. The van der Waals surface area contributed by atoms with Gasteiger partial charge in [-0.3, -0.25) is 4.79 Å². The first-order valence-electron chi connectivity index (χ1n) is 9.02. The van der Waals surface area contributed by atoms with Crippen LogP contribution in [0.4, 0.5) is 0 Å². The standard InChI is InChI=1S/C21H26N2O3S/c1-4-25-19-12-11-18(13-20(19)26-5-2)14-22-23-21(24)16(3)27-15-17-9-7-6-8-10-17/h6-14,16H,4-5,15H2,1-3H3,(H,23,24)/b22-14-/t16-/m1/s1. The molecular weight excluding hydrogens is 360 g/mol. The van der Waals surface area contributed by atoms with Crippen LogP contribution >= 0.6 is 11.8 Å². The van der Waals surface area contributed by atoms with E-state index in [-0.39, 0.29) is 11.2 Å². The first-order valence-corrected chi connectivity index (χ1v) is 10.1. The van der Waals surface area contributed by atoms with Crippen LogP contribution in [-0.4, -0.2) is 30.6 Å². The second-order valence-corrected chi connectivity index (χ2v) is 7.07. The minimum atomic E-state index is -0.193. The Morgan fingerprint density at radius 2 is 1.81 bits per heavy atom. The molecule has 2 rings (SSSR count). The third-order valence-electron chi connectivity index (χ3n) is 3.67. The molecule has 0 aromatic heterocycles. The van der Waals surface area contributed by atoms with Crippen molar-refractivity contribution in [2.24, 2.45) is 5.10 Å². The largest absolute Gasteiger partial charge is 0.490 e. The van der Waals surface area contributed by atoms with E-state index in [9.17, 15) is 4.79 Å². The number of thioether (sulfide) groups is 1. The van der Waals surface area contributed by atoms with Crippen LogP contribution in [0.15, 0.2) is 53.6 Å². The molecule has 1 N–H and O–H groups in total. The van der Waals surface area contributed by atoms with E-state index < -0.39 is 0 Å². The zero-order chi connectivity index (χ0) is 19.5. The number of benzene rings is 2. The molecule has 27 heavy (non-hydrogen) atoms. The van der Waals surface area contributed by atoms with Crippen molar-refractivity contribution in [1.82, 2.24) is 5.43 Å². The highest BCUT2D eigenvalue weighted by Gasteiger charge is 2.12. The van der Waals surface area contributed by atoms with Gasteiger partial charge in [-0.2, -0.15) is 5.10 Å². The lowest BCUT2D eigenvalue weighted by Crippen LogP contribution is -2.27. The molecular formula is C21H26N2O3S. The fourth-order valence-corrected chi connectivity index (χ4v) is 3.12. The number of amides is 1. The summed E-state index contributed by atoms with van der Waals surface area (Å²) in [5.41, 5.74) is 4.62. The van der Waals surface area contributed by atoms with Crippen molar-refractivity contribution < 1.29 is 14.3 Å². The first kappa shape index (κ1) is 20.8. The summed E-state index contributed by atoms with van der Waals surface area (Å²) in [7, 11) is 0. The summed E-state index contributed by atoms with van der Waals surface area (Å²) in [6, 6.07) is 15.6. The van der Waals surface area contributed by atoms with E-state index in [1.54, 1.807) is 18.0 Å². The molecule has 0 aliphatic rings. The molecule has 0 aliphatic carbocycles. The van der Waals surface area contributed by atoms with Gasteiger partial charge in [0.2, 0.25) is 0 Å². The molecule has 1 atom stereocenters. The molecule has 0 heterocycles. The summed E-state index contributed by atoms with van der Waals surface area (Å²) in [5.74, 6) is 2.03. The zero-order valence-corrected chi connectivity index (χ0v) is 16.8. The maximum Gasteiger partial charge on any atom is 0.252 e. The number of hydrogen-bond donors (Lipinski definition) is 1. The molecule has 0 fully saturated rings. The van der Waals surface area contributed by atoms with Crippen molar-refractivity contribution in [2.45, 2.75) is 31.8 Å². The molecule has 2 aromatic carbocycles. The quantitative estimate of drug-likeness (QED) is 0.490. The number of nitrogens with zero attached hydrogens (tertiary/aromatic N) is 1. The Labute approximate surface area is 165 Å². The molecule has 2 aromatic rings. The van der Waals surface area contributed by atoms with Crippen LogP contribution in [0.1, 0.15) is 31.9 Å². The Hall–Kier alpha value is -2.47. The normalized spacial score (nSPS) is 12.0. The van der Waals surface area contributed by atoms with Crippen LogP contribution < -0.4 is 14.9 Å². The third-order valence-corrected chi connectivity index (χ3v) is 4.88. The van der Waals surface area contributed by atoms with Gasteiger partial charge in [0.1, 0.15) is 0 Å². The SMILES string of the molecule is CCOc1ccc(/C=N\NC(=O)[C@@H](C)SCc2ccccc2)cc1OCC. The Balaban J connectivity index is 1.88. The number of rotatable bonds is 10. The fraction of sp³-hybridized carbons (Fsp3) is 0.333. The van der Waals surface area contributed by atoms with E-state index in [2.05, 4.69) is 22.7 Å². The highest BCUT2D eigenvalue weighted by Crippen LogP contribution is 2.28. The molecule has 0 saturated heterocycles. The molecule has 6 heteroatoms. The number of hydrogen-bond acceptors (Lipinski definition) is 5.